The molecule has 0 bridgehead atoms. The molecule has 34 heavy (non-hydrogen) atoms. The molecule has 1 spiro atoms. The van der Waals surface area contributed by atoms with E-state index in [1.54, 1.807) is 6.20 Å². The summed E-state index contributed by atoms with van der Waals surface area (Å²) >= 11 is 5.96. The summed E-state index contributed by atoms with van der Waals surface area (Å²) in [4.78, 5) is 36.4. The van der Waals surface area contributed by atoms with Gasteiger partial charge in [-0.3, -0.25) is 14.7 Å². The van der Waals surface area contributed by atoms with Crippen LogP contribution in [0.25, 0.3) is 0 Å². The van der Waals surface area contributed by atoms with Gasteiger partial charge in [0, 0.05) is 25.5 Å². The minimum atomic E-state index is -5.08. The van der Waals surface area contributed by atoms with Crippen molar-refractivity contribution in [1.82, 2.24) is 15.2 Å². The van der Waals surface area contributed by atoms with Gasteiger partial charge in [-0.2, -0.15) is 26.3 Å². The minimum Gasteiger partial charge on any atom is -0.475 e. The summed E-state index contributed by atoms with van der Waals surface area (Å²) in [6, 6.07) is 1.96. The van der Waals surface area contributed by atoms with Crippen LogP contribution in [0.4, 0.5) is 26.3 Å². The number of likely N-dealkylation sites (tertiary alicyclic amines) is 1. The van der Waals surface area contributed by atoms with Crippen LogP contribution < -0.4 is 5.32 Å². The van der Waals surface area contributed by atoms with E-state index in [0.29, 0.717) is 5.02 Å². The van der Waals surface area contributed by atoms with Gasteiger partial charge in [0.15, 0.2) is 0 Å². The van der Waals surface area contributed by atoms with Crippen molar-refractivity contribution in [3.8, 4) is 0 Å². The molecule has 3 heterocycles. The number of nitrogens with one attached hydrogen (secondary N) is 1. The molecule has 3 N–H and O–H groups in total. The van der Waals surface area contributed by atoms with Crippen molar-refractivity contribution in [2.75, 3.05) is 19.6 Å². The van der Waals surface area contributed by atoms with Gasteiger partial charge in [-0.05, 0) is 50.4 Å². The molecule has 1 aromatic rings. The zero-order valence-electron chi connectivity index (χ0n) is 17.5. The van der Waals surface area contributed by atoms with Gasteiger partial charge >= 0.3 is 24.3 Å². The highest BCUT2D eigenvalue weighted by Crippen LogP contribution is 2.38. The predicted octanol–water partition coefficient (Wildman–Crippen LogP) is 3.49. The number of carboxylic acids is 2. The third-order valence-corrected chi connectivity index (χ3v) is 5.27. The van der Waals surface area contributed by atoms with Gasteiger partial charge in [0.1, 0.15) is 0 Å². The fourth-order valence-corrected chi connectivity index (χ4v) is 3.54. The van der Waals surface area contributed by atoms with Crippen LogP contribution in [-0.2, 0) is 20.9 Å². The van der Waals surface area contributed by atoms with Crippen LogP contribution in [0.5, 0.6) is 0 Å². The average molecular weight is 522 g/mol. The lowest BCUT2D eigenvalue weighted by atomic mass is 9.72. The van der Waals surface area contributed by atoms with Gasteiger partial charge < -0.3 is 15.5 Å². The predicted molar refractivity (Wildman–Crippen MR) is 106 cm³/mol. The van der Waals surface area contributed by atoms with E-state index in [2.05, 4.69) is 15.2 Å². The fourth-order valence-electron chi connectivity index (χ4n) is 3.35. The zero-order valence-corrected chi connectivity index (χ0v) is 18.3. The largest absolute Gasteiger partial charge is 0.490 e. The third kappa shape index (κ3) is 9.71. The molecule has 2 aliphatic rings. The van der Waals surface area contributed by atoms with Crippen LogP contribution in [-0.4, -0.2) is 69.9 Å². The van der Waals surface area contributed by atoms with E-state index < -0.39 is 24.3 Å². The number of hydrogen-bond acceptors (Lipinski definition) is 5. The topological polar surface area (TPSA) is 120 Å². The number of carbonyl (C=O) groups excluding carboxylic acids is 1. The first kappa shape index (κ1) is 29.4. The van der Waals surface area contributed by atoms with Crippen LogP contribution >= 0.6 is 11.6 Å². The van der Waals surface area contributed by atoms with Crippen LogP contribution in [0.1, 0.15) is 31.2 Å². The van der Waals surface area contributed by atoms with Crippen molar-refractivity contribution >= 4 is 29.4 Å². The van der Waals surface area contributed by atoms with Crippen LogP contribution in [0.2, 0.25) is 5.02 Å². The van der Waals surface area contributed by atoms with Crippen molar-refractivity contribution in [2.24, 2.45) is 5.41 Å². The number of carbonyl (C=O) groups is 3. The van der Waals surface area contributed by atoms with Gasteiger partial charge in [0.25, 0.3) is 0 Å². The number of piperidine rings is 2. The summed E-state index contributed by atoms with van der Waals surface area (Å²) in [6.45, 7) is 3.66. The molecule has 1 amide bonds. The lowest BCUT2D eigenvalue weighted by molar-refractivity contribution is -0.193. The second-order valence-electron chi connectivity index (χ2n) is 7.53. The normalized spacial score (nSPS) is 18.0. The van der Waals surface area contributed by atoms with Crippen LogP contribution in [0.15, 0.2) is 18.5 Å². The Kier molecular flexibility index (Phi) is 10.6. The molecule has 3 rings (SSSR count). The monoisotopic (exact) mass is 521 g/mol. The van der Waals surface area contributed by atoms with Gasteiger partial charge in [0.2, 0.25) is 5.91 Å². The molecule has 8 nitrogen and oxygen atoms in total. The summed E-state index contributed by atoms with van der Waals surface area (Å²) in [5.74, 6) is -5.24. The Balaban J connectivity index is 0.000000343. The van der Waals surface area contributed by atoms with E-state index in [9.17, 15) is 31.1 Å². The number of rotatable bonds is 2. The standard InChI is InChI=1S/C15H20ClN3O.2C2HF3O2/c16-13-8-12(9-17-10-13)11-19-6-3-15(4-7-19)2-1-5-18-14(15)20;2*3-2(4,5)1(6)7/h8-10H,1-7,11H2,(H,18,20);2*(H,6,7). The number of pyridine rings is 1. The summed E-state index contributed by atoms with van der Waals surface area (Å²) in [5, 5.41) is 18.0. The van der Waals surface area contributed by atoms with E-state index >= 15 is 0 Å². The Morgan fingerprint density at radius 3 is 1.94 bits per heavy atom. The second kappa shape index (κ2) is 12.2. The molecule has 0 radical (unpaired) electrons. The quantitative estimate of drug-likeness (QED) is 0.510. The molecule has 192 valence electrons. The average Bonchev–Trinajstić information content (AvgIpc) is 2.71. The first-order valence-corrected chi connectivity index (χ1v) is 10.1. The molecule has 0 saturated carbocycles. The van der Waals surface area contributed by atoms with Crippen molar-refractivity contribution in [3.05, 3.63) is 29.0 Å². The zero-order chi connectivity index (χ0) is 26.2. The van der Waals surface area contributed by atoms with Crippen LogP contribution in [0, 0.1) is 5.41 Å². The highest BCUT2D eigenvalue weighted by atomic mass is 35.5. The van der Waals surface area contributed by atoms with E-state index in [1.165, 1.54) is 0 Å². The Morgan fingerprint density at radius 1 is 1.03 bits per heavy atom. The number of alkyl halides is 6. The van der Waals surface area contributed by atoms with E-state index in [1.807, 2.05) is 12.3 Å². The summed E-state index contributed by atoms with van der Waals surface area (Å²) < 4.78 is 63.5. The molecule has 0 atom stereocenters. The molecular formula is C19H22ClF6N3O5. The van der Waals surface area contributed by atoms with Gasteiger partial charge in [0.05, 0.1) is 10.4 Å². The molecule has 0 aromatic carbocycles. The number of hydrogen-bond donors (Lipinski definition) is 3. The Labute approximate surface area is 194 Å². The smallest absolute Gasteiger partial charge is 0.475 e. The van der Waals surface area contributed by atoms with Crippen molar-refractivity contribution in [1.29, 1.82) is 0 Å². The number of amides is 1. The van der Waals surface area contributed by atoms with Gasteiger partial charge in [-0.15, -0.1) is 0 Å². The number of aromatic nitrogens is 1. The van der Waals surface area contributed by atoms with E-state index in [0.717, 1.165) is 57.4 Å². The molecular weight excluding hydrogens is 500 g/mol. The fraction of sp³-hybridized carbons (Fsp3) is 0.579. The lowest BCUT2D eigenvalue weighted by Crippen LogP contribution is -2.51. The molecule has 2 aliphatic heterocycles. The lowest BCUT2D eigenvalue weighted by Gasteiger charge is -2.42. The first-order valence-electron chi connectivity index (χ1n) is 9.77. The Morgan fingerprint density at radius 2 is 1.53 bits per heavy atom. The maximum atomic E-state index is 12.1. The van der Waals surface area contributed by atoms with E-state index in [-0.39, 0.29) is 11.3 Å². The molecule has 2 fully saturated rings. The maximum Gasteiger partial charge on any atom is 0.490 e. The van der Waals surface area contributed by atoms with E-state index in [4.69, 9.17) is 31.4 Å². The highest BCUT2D eigenvalue weighted by molar-refractivity contribution is 6.30. The third-order valence-electron chi connectivity index (χ3n) is 5.07. The minimum absolute atomic E-state index is 0.0959. The van der Waals surface area contributed by atoms with Gasteiger partial charge in [-0.25, -0.2) is 9.59 Å². The molecule has 15 heteroatoms. The number of nitrogens with zero attached hydrogens (tertiary/aromatic N) is 2. The number of aliphatic carboxylic acids is 2. The SMILES string of the molecule is O=C(O)C(F)(F)F.O=C(O)C(F)(F)F.O=C1NCCCC12CCN(Cc1cncc(Cl)c1)CC2. The highest BCUT2D eigenvalue weighted by Gasteiger charge is 2.42. The van der Waals surface area contributed by atoms with Gasteiger partial charge in [-0.1, -0.05) is 11.6 Å². The maximum absolute atomic E-state index is 12.1. The Hall–Kier alpha value is -2.61. The summed E-state index contributed by atoms with van der Waals surface area (Å²) in [5.41, 5.74) is 1.04. The number of halogens is 7. The molecule has 0 unspecified atom stereocenters. The molecule has 0 aliphatic carbocycles. The molecule has 2 saturated heterocycles. The molecule has 1 aromatic heterocycles. The van der Waals surface area contributed by atoms with Crippen molar-refractivity contribution < 1.29 is 50.9 Å². The summed E-state index contributed by atoms with van der Waals surface area (Å²) in [6.07, 6.45) is -2.55. The Bertz CT molecular complexity index is 834. The van der Waals surface area contributed by atoms with Crippen molar-refractivity contribution in [3.63, 3.8) is 0 Å². The summed E-state index contributed by atoms with van der Waals surface area (Å²) in [7, 11) is 0. The first-order chi connectivity index (χ1) is 15.6. The number of carboxylic acid groups (broad SMARTS) is 2. The van der Waals surface area contributed by atoms with Crippen molar-refractivity contribution in [2.45, 2.75) is 44.6 Å². The van der Waals surface area contributed by atoms with Crippen LogP contribution in [0.3, 0.4) is 0 Å². The second-order valence-corrected chi connectivity index (χ2v) is 7.97.